The fraction of sp³-hybridized carbons (Fsp3) is 0.588. The van der Waals surface area contributed by atoms with Gasteiger partial charge in [0.15, 0.2) is 0 Å². The van der Waals surface area contributed by atoms with E-state index in [4.69, 9.17) is 4.74 Å². The Balaban J connectivity index is 0.00000264. The molecule has 1 amide bonds. The van der Waals surface area contributed by atoms with Gasteiger partial charge < -0.3 is 20.5 Å². The number of ether oxygens (including phenoxy) is 1. The number of benzene rings is 1. The molecule has 0 bridgehead atoms. The normalized spacial score (nSPS) is 20.0. The van der Waals surface area contributed by atoms with Crippen LogP contribution in [0.1, 0.15) is 23.1 Å². The van der Waals surface area contributed by atoms with Gasteiger partial charge in [0.2, 0.25) is 5.91 Å². The van der Waals surface area contributed by atoms with Crippen molar-refractivity contribution in [3.05, 3.63) is 28.8 Å². The zero-order chi connectivity index (χ0) is 16.1. The first kappa shape index (κ1) is 19.7. The smallest absolute Gasteiger partial charge is 0.223 e. The van der Waals surface area contributed by atoms with Crippen molar-refractivity contribution in [3.63, 3.8) is 0 Å². The van der Waals surface area contributed by atoms with Crippen molar-refractivity contribution in [2.24, 2.45) is 5.92 Å². The third-order valence-corrected chi connectivity index (χ3v) is 4.22. The molecule has 0 aromatic heterocycles. The lowest BCUT2D eigenvalue weighted by Gasteiger charge is -2.15. The van der Waals surface area contributed by atoms with Crippen molar-refractivity contribution in [3.8, 4) is 5.75 Å². The highest BCUT2D eigenvalue weighted by atomic mass is 35.5. The lowest BCUT2D eigenvalue weighted by Crippen LogP contribution is -2.34. The summed E-state index contributed by atoms with van der Waals surface area (Å²) < 4.78 is 5.74. The van der Waals surface area contributed by atoms with Crippen LogP contribution in [0.4, 0.5) is 0 Å². The van der Waals surface area contributed by atoms with E-state index in [9.17, 15) is 9.90 Å². The van der Waals surface area contributed by atoms with E-state index in [2.05, 4.69) is 23.6 Å². The molecule has 130 valence electrons. The van der Waals surface area contributed by atoms with Gasteiger partial charge in [-0.3, -0.25) is 4.79 Å². The quantitative estimate of drug-likeness (QED) is 0.732. The number of halogens is 1. The van der Waals surface area contributed by atoms with E-state index in [0.29, 0.717) is 26.1 Å². The molecule has 1 saturated heterocycles. The van der Waals surface area contributed by atoms with Crippen molar-refractivity contribution in [1.29, 1.82) is 0 Å². The number of carbonyl (C=O) groups excluding carboxylic acids is 1. The fourth-order valence-electron chi connectivity index (χ4n) is 2.67. The highest BCUT2D eigenvalue weighted by Crippen LogP contribution is 2.23. The second-order valence-corrected chi connectivity index (χ2v) is 6.09. The van der Waals surface area contributed by atoms with Crippen LogP contribution in [-0.2, 0) is 4.79 Å². The molecule has 0 saturated carbocycles. The zero-order valence-corrected chi connectivity index (χ0v) is 14.8. The third-order valence-electron chi connectivity index (χ3n) is 4.22. The minimum absolute atomic E-state index is 0. The van der Waals surface area contributed by atoms with Gasteiger partial charge in [0.25, 0.3) is 0 Å². The molecule has 2 atom stereocenters. The Morgan fingerprint density at radius 1 is 1.35 bits per heavy atom. The predicted molar refractivity (Wildman–Crippen MR) is 93.4 cm³/mol. The minimum Gasteiger partial charge on any atom is -0.493 e. The van der Waals surface area contributed by atoms with E-state index in [-0.39, 0.29) is 30.3 Å². The molecule has 23 heavy (non-hydrogen) atoms. The second kappa shape index (κ2) is 9.11. The summed E-state index contributed by atoms with van der Waals surface area (Å²) >= 11 is 0. The number of aliphatic hydroxyl groups excluding tert-OH is 1. The molecule has 1 heterocycles. The topological polar surface area (TPSA) is 70.6 Å². The van der Waals surface area contributed by atoms with Gasteiger partial charge in [-0.15, -0.1) is 12.4 Å². The molecule has 1 aliphatic heterocycles. The average molecular weight is 343 g/mol. The summed E-state index contributed by atoms with van der Waals surface area (Å²) in [4.78, 5) is 11.8. The minimum atomic E-state index is -0.366. The van der Waals surface area contributed by atoms with Crippen molar-refractivity contribution >= 4 is 18.3 Å². The lowest BCUT2D eigenvalue weighted by atomic mass is 10.1. The van der Waals surface area contributed by atoms with E-state index < -0.39 is 0 Å². The molecule has 2 unspecified atom stereocenters. The van der Waals surface area contributed by atoms with Gasteiger partial charge in [0, 0.05) is 25.6 Å². The maximum atomic E-state index is 11.8. The van der Waals surface area contributed by atoms with E-state index in [1.165, 1.54) is 5.56 Å². The maximum Gasteiger partial charge on any atom is 0.223 e. The van der Waals surface area contributed by atoms with E-state index in [1.54, 1.807) is 0 Å². The number of β-amino-alcohol motifs (C(OH)–C–C–N with tert-alkyl or cyclic N) is 1. The summed E-state index contributed by atoms with van der Waals surface area (Å²) in [5, 5.41) is 15.6. The molecule has 1 aliphatic rings. The standard InChI is InChI=1S/C17H26N2O3.ClH/c1-11-6-12(2)13(3)16(7-11)22-5-4-17(21)19-9-14-8-18-10-15(14)20;/h6-7,14-15,18,20H,4-5,8-10H2,1-3H3,(H,19,21);1H. The first-order valence-electron chi connectivity index (χ1n) is 7.83. The summed E-state index contributed by atoms with van der Waals surface area (Å²) in [6.07, 6.45) is -0.0441. The highest BCUT2D eigenvalue weighted by Gasteiger charge is 2.24. The lowest BCUT2D eigenvalue weighted by molar-refractivity contribution is -0.121. The van der Waals surface area contributed by atoms with Gasteiger partial charge in [0.05, 0.1) is 19.1 Å². The van der Waals surface area contributed by atoms with Gasteiger partial charge in [-0.25, -0.2) is 0 Å². The van der Waals surface area contributed by atoms with Crippen LogP contribution >= 0.6 is 12.4 Å². The Morgan fingerprint density at radius 2 is 2.09 bits per heavy atom. The van der Waals surface area contributed by atoms with Crippen LogP contribution in [0.25, 0.3) is 0 Å². The second-order valence-electron chi connectivity index (χ2n) is 6.09. The van der Waals surface area contributed by atoms with Crippen LogP contribution in [0.5, 0.6) is 5.75 Å². The maximum absolute atomic E-state index is 11.8. The van der Waals surface area contributed by atoms with Crippen LogP contribution in [0.3, 0.4) is 0 Å². The average Bonchev–Trinajstić information content (AvgIpc) is 2.87. The summed E-state index contributed by atoms with van der Waals surface area (Å²) in [5.74, 6) is 0.911. The Bertz CT molecular complexity index is 537. The number of aryl methyl sites for hydroxylation is 2. The predicted octanol–water partition coefficient (Wildman–Crippen LogP) is 1.50. The summed E-state index contributed by atoms with van der Waals surface area (Å²) in [5.41, 5.74) is 3.47. The number of nitrogens with one attached hydrogen (secondary N) is 2. The molecule has 1 aromatic carbocycles. The summed E-state index contributed by atoms with van der Waals surface area (Å²) in [6.45, 7) is 8.35. The van der Waals surface area contributed by atoms with Crippen molar-refractivity contribution in [2.75, 3.05) is 26.2 Å². The number of rotatable bonds is 6. The van der Waals surface area contributed by atoms with Crippen LogP contribution in [0.2, 0.25) is 0 Å². The Labute approximate surface area is 144 Å². The number of hydrogen-bond acceptors (Lipinski definition) is 4. The zero-order valence-electron chi connectivity index (χ0n) is 14.0. The molecule has 0 spiro atoms. The first-order valence-corrected chi connectivity index (χ1v) is 7.83. The number of hydrogen-bond donors (Lipinski definition) is 3. The number of carbonyl (C=O) groups is 1. The molecule has 0 aliphatic carbocycles. The fourth-order valence-corrected chi connectivity index (χ4v) is 2.67. The monoisotopic (exact) mass is 342 g/mol. The third kappa shape index (κ3) is 5.68. The molecular weight excluding hydrogens is 316 g/mol. The van der Waals surface area contributed by atoms with Crippen LogP contribution in [0, 0.1) is 26.7 Å². The van der Waals surface area contributed by atoms with E-state index in [0.717, 1.165) is 23.4 Å². The molecule has 2 rings (SSSR count). The summed E-state index contributed by atoms with van der Waals surface area (Å²) in [7, 11) is 0. The Hall–Kier alpha value is -1.30. The first-order chi connectivity index (χ1) is 10.5. The van der Waals surface area contributed by atoms with E-state index in [1.807, 2.05) is 19.9 Å². The SMILES string of the molecule is Cc1cc(C)c(C)c(OCCC(=O)NCC2CNCC2O)c1.Cl. The molecule has 1 aromatic rings. The summed E-state index contributed by atoms with van der Waals surface area (Å²) in [6, 6.07) is 4.12. The Kier molecular flexibility index (Phi) is 7.82. The molecular formula is C17H27ClN2O3. The van der Waals surface area contributed by atoms with Crippen molar-refractivity contribution < 1.29 is 14.6 Å². The van der Waals surface area contributed by atoms with Crippen LogP contribution in [-0.4, -0.2) is 43.4 Å². The molecule has 0 radical (unpaired) electrons. The van der Waals surface area contributed by atoms with Crippen LogP contribution in [0.15, 0.2) is 12.1 Å². The van der Waals surface area contributed by atoms with Crippen molar-refractivity contribution in [2.45, 2.75) is 33.3 Å². The highest BCUT2D eigenvalue weighted by molar-refractivity contribution is 5.85. The molecule has 3 N–H and O–H groups in total. The van der Waals surface area contributed by atoms with Gasteiger partial charge in [-0.1, -0.05) is 6.07 Å². The number of amides is 1. The van der Waals surface area contributed by atoms with Gasteiger partial charge in [-0.05, 0) is 43.5 Å². The van der Waals surface area contributed by atoms with Gasteiger partial charge in [-0.2, -0.15) is 0 Å². The van der Waals surface area contributed by atoms with Crippen molar-refractivity contribution in [1.82, 2.24) is 10.6 Å². The van der Waals surface area contributed by atoms with Crippen LogP contribution < -0.4 is 15.4 Å². The molecule has 1 fully saturated rings. The van der Waals surface area contributed by atoms with Gasteiger partial charge >= 0.3 is 0 Å². The van der Waals surface area contributed by atoms with Gasteiger partial charge in [0.1, 0.15) is 5.75 Å². The molecule has 5 nitrogen and oxygen atoms in total. The van der Waals surface area contributed by atoms with E-state index >= 15 is 0 Å². The molecule has 6 heteroatoms. The Morgan fingerprint density at radius 3 is 2.74 bits per heavy atom. The number of aliphatic hydroxyl groups is 1. The largest absolute Gasteiger partial charge is 0.493 e.